The lowest BCUT2D eigenvalue weighted by molar-refractivity contribution is 0.0398. The number of anilines is 1. The highest BCUT2D eigenvalue weighted by atomic mass is 16.5. The Hall–Kier alpha value is -1.07. The Kier molecular flexibility index (Phi) is 4.60. The Morgan fingerprint density at radius 1 is 1.39 bits per heavy atom. The molecule has 5 heteroatoms. The van der Waals surface area contributed by atoms with Crippen molar-refractivity contribution in [3.05, 3.63) is 11.9 Å². The first-order chi connectivity index (χ1) is 8.66. The summed E-state index contributed by atoms with van der Waals surface area (Å²) in [5.41, 5.74) is 1.07. The van der Waals surface area contributed by atoms with Gasteiger partial charge in [0.1, 0.15) is 0 Å². The van der Waals surface area contributed by atoms with Gasteiger partial charge >= 0.3 is 0 Å². The lowest BCUT2D eigenvalue weighted by atomic mass is 10.4. The SMILES string of the molecule is Cc1cn(C(C)C)c(NCCN2CCOCC2)n1. The molecule has 0 spiro atoms. The summed E-state index contributed by atoms with van der Waals surface area (Å²) in [6, 6.07) is 0.442. The molecule has 1 aromatic heterocycles. The third-order valence-electron chi connectivity index (χ3n) is 3.22. The zero-order valence-electron chi connectivity index (χ0n) is 11.6. The summed E-state index contributed by atoms with van der Waals surface area (Å²) < 4.78 is 7.53. The predicted molar refractivity (Wildman–Crippen MR) is 73.1 cm³/mol. The molecule has 0 saturated carbocycles. The highest BCUT2D eigenvalue weighted by molar-refractivity contribution is 5.29. The van der Waals surface area contributed by atoms with E-state index in [1.54, 1.807) is 0 Å². The Morgan fingerprint density at radius 3 is 2.78 bits per heavy atom. The van der Waals surface area contributed by atoms with E-state index in [0.717, 1.165) is 51.0 Å². The van der Waals surface area contributed by atoms with Gasteiger partial charge in [-0.3, -0.25) is 4.90 Å². The van der Waals surface area contributed by atoms with Crippen LogP contribution in [0.1, 0.15) is 25.6 Å². The maximum absolute atomic E-state index is 5.34. The molecule has 102 valence electrons. The lowest BCUT2D eigenvalue weighted by Crippen LogP contribution is -2.39. The summed E-state index contributed by atoms with van der Waals surface area (Å²) in [6.45, 7) is 12.2. The molecule has 2 rings (SSSR count). The number of aromatic nitrogens is 2. The van der Waals surface area contributed by atoms with Gasteiger partial charge in [-0.1, -0.05) is 0 Å². The summed E-state index contributed by atoms with van der Waals surface area (Å²) in [5, 5.41) is 3.43. The van der Waals surface area contributed by atoms with Crippen molar-refractivity contribution in [3.8, 4) is 0 Å². The van der Waals surface area contributed by atoms with Crippen molar-refractivity contribution >= 4 is 5.95 Å². The van der Waals surface area contributed by atoms with Crippen LogP contribution in [0.5, 0.6) is 0 Å². The van der Waals surface area contributed by atoms with Crippen molar-refractivity contribution in [3.63, 3.8) is 0 Å². The van der Waals surface area contributed by atoms with Crippen LogP contribution in [0.4, 0.5) is 5.95 Å². The zero-order chi connectivity index (χ0) is 13.0. The van der Waals surface area contributed by atoms with Crippen LogP contribution in [-0.4, -0.2) is 53.8 Å². The maximum Gasteiger partial charge on any atom is 0.203 e. The van der Waals surface area contributed by atoms with Gasteiger partial charge in [0.2, 0.25) is 5.95 Å². The molecule has 1 aliphatic heterocycles. The van der Waals surface area contributed by atoms with E-state index >= 15 is 0 Å². The topological polar surface area (TPSA) is 42.3 Å². The number of aryl methyl sites for hydroxylation is 1. The van der Waals surface area contributed by atoms with E-state index in [4.69, 9.17) is 4.74 Å². The largest absolute Gasteiger partial charge is 0.379 e. The van der Waals surface area contributed by atoms with E-state index in [1.165, 1.54) is 0 Å². The molecule has 5 nitrogen and oxygen atoms in total. The fourth-order valence-corrected chi connectivity index (χ4v) is 2.19. The van der Waals surface area contributed by atoms with Crippen LogP contribution in [0.15, 0.2) is 6.20 Å². The first-order valence-corrected chi connectivity index (χ1v) is 6.76. The molecule has 0 bridgehead atoms. The van der Waals surface area contributed by atoms with Crippen LogP contribution in [0.2, 0.25) is 0 Å². The molecule has 2 heterocycles. The van der Waals surface area contributed by atoms with Crippen molar-refractivity contribution < 1.29 is 4.74 Å². The van der Waals surface area contributed by atoms with Gasteiger partial charge < -0.3 is 14.6 Å². The molecule has 1 aromatic rings. The third-order valence-corrected chi connectivity index (χ3v) is 3.22. The molecular weight excluding hydrogens is 228 g/mol. The highest BCUT2D eigenvalue weighted by Gasteiger charge is 2.11. The van der Waals surface area contributed by atoms with Crippen molar-refractivity contribution in [2.45, 2.75) is 26.8 Å². The van der Waals surface area contributed by atoms with Gasteiger partial charge in [-0.2, -0.15) is 0 Å². The number of nitrogens with zero attached hydrogens (tertiary/aromatic N) is 3. The average Bonchev–Trinajstić information content (AvgIpc) is 2.72. The van der Waals surface area contributed by atoms with Gasteiger partial charge in [-0.15, -0.1) is 0 Å². The average molecular weight is 252 g/mol. The number of ether oxygens (including phenoxy) is 1. The second kappa shape index (κ2) is 6.20. The fourth-order valence-electron chi connectivity index (χ4n) is 2.19. The van der Waals surface area contributed by atoms with Crippen LogP contribution in [0, 0.1) is 6.92 Å². The molecule has 0 aromatic carbocycles. The van der Waals surface area contributed by atoms with Gasteiger partial charge in [0.25, 0.3) is 0 Å². The number of hydrogen-bond donors (Lipinski definition) is 1. The van der Waals surface area contributed by atoms with Crippen molar-refractivity contribution in [2.24, 2.45) is 0 Å². The minimum atomic E-state index is 0.442. The van der Waals surface area contributed by atoms with Gasteiger partial charge in [0.15, 0.2) is 0 Å². The van der Waals surface area contributed by atoms with Gasteiger partial charge in [-0.25, -0.2) is 4.98 Å². The van der Waals surface area contributed by atoms with Crippen molar-refractivity contribution in [1.82, 2.24) is 14.5 Å². The summed E-state index contributed by atoms with van der Waals surface area (Å²) in [6.07, 6.45) is 2.10. The van der Waals surface area contributed by atoms with Gasteiger partial charge in [-0.05, 0) is 20.8 Å². The van der Waals surface area contributed by atoms with Crippen LogP contribution in [0.3, 0.4) is 0 Å². The summed E-state index contributed by atoms with van der Waals surface area (Å²) >= 11 is 0. The Morgan fingerprint density at radius 2 is 2.11 bits per heavy atom. The summed E-state index contributed by atoms with van der Waals surface area (Å²) in [4.78, 5) is 6.95. The van der Waals surface area contributed by atoms with Crippen LogP contribution in [0.25, 0.3) is 0 Å². The molecule has 0 unspecified atom stereocenters. The Balaban J connectivity index is 1.82. The Bertz CT molecular complexity index is 369. The number of morpholine rings is 1. The van der Waals surface area contributed by atoms with E-state index in [1.807, 2.05) is 6.92 Å². The van der Waals surface area contributed by atoms with E-state index in [9.17, 15) is 0 Å². The predicted octanol–water partition coefficient (Wildman–Crippen LogP) is 1.52. The standard InChI is InChI=1S/C13H24N4O/c1-11(2)17-10-12(3)15-13(17)14-4-5-16-6-8-18-9-7-16/h10-11H,4-9H2,1-3H3,(H,14,15). The van der Waals surface area contributed by atoms with E-state index in [2.05, 4.69) is 39.8 Å². The van der Waals surface area contributed by atoms with E-state index < -0.39 is 0 Å². The molecule has 1 fully saturated rings. The first-order valence-electron chi connectivity index (χ1n) is 6.76. The number of hydrogen-bond acceptors (Lipinski definition) is 4. The zero-order valence-corrected chi connectivity index (χ0v) is 11.6. The number of imidazole rings is 1. The maximum atomic E-state index is 5.34. The van der Waals surface area contributed by atoms with Crippen LogP contribution < -0.4 is 5.32 Å². The molecule has 18 heavy (non-hydrogen) atoms. The fraction of sp³-hybridized carbons (Fsp3) is 0.769. The third kappa shape index (κ3) is 3.46. The van der Waals surface area contributed by atoms with Crippen LogP contribution in [-0.2, 0) is 4.74 Å². The molecule has 0 radical (unpaired) electrons. The second-order valence-electron chi connectivity index (χ2n) is 5.09. The molecule has 0 amide bonds. The first kappa shape index (κ1) is 13.4. The summed E-state index contributed by atoms with van der Waals surface area (Å²) in [7, 11) is 0. The minimum absolute atomic E-state index is 0.442. The minimum Gasteiger partial charge on any atom is -0.379 e. The van der Waals surface area contributed by atoms with Gasteiger partial charge in [0.05, 0.1) is 18.9 Å². The molecule has 1 aliphatic rings. The van der Waals surface area contributed by atoms with E-state index in [-0.39, 0.29) is 0 Å². The summed E-state index contributed by atoms with van der Waals surface area (Å²) in [5.74, 6) is 0.982. The quantitative estimate of drug-likeness (QED) is 0.862. The second-order valence-corrected chi connectivity index (χ2v) is 5.09. The smallest absolute Gasteiger partial charge is 0.203 e. The molecule has 1 N–H and O–H groups in total. The Labute approximate surface area is 109 Å². The van der Waals surface area contributed by atoms with E-state index in [0.29, 0.717) is 6.04 Å². The van der Waals surface area contributed by atoms with Crippen LogP contribution >= 0.6 is 0 Å². The van der Waals surface area contributed by atoms with Crippen molar-refractivity contribution in [2.75, 3.05) is 44.7 Å². The molecule has 1 saturated heterocycles. The normalized spacial score (nSPS) is 17.3. The molecule has 0 atom stereocenters. The monoisotopic (exact) mass is 252 g/mol. The molecular formula is C13H24N4O. The number of rotatable bonds is 5. The highest BCUT2D eigenvalue weighted by Crippen LogP contribution is 2.14. The van der Waals surface area contributed by atoms with Crippen molar-refractivity contribution in [1.29, 1.82) is 0 Å². The number of nitrogens with one attached hydrogen (secondary N) is 1. The lowest BCUT2D eigenvalue weighted by Gasteiger charge is -2.26. The molecule has 0 aliphatic carbocycles. The van der Waals surface area contributed by atoms with Gasteiger partial charge in [0, 0.05) is 38.4 Å².